The quantitative estimate of drug-likeness (QED) is 0.00457. The smallest absolute Gasteiger partial charge is 0.331 e. The summed E-state index contributed by atoms with van der Waals surface area (Å²) < 4.78 is 66.8. The highest BCUT2D eigenvalue weighted by atomic mass is 127. The number of hydrogen-bond donors (Lipinski definition) is 11. The van der Waals surface area contributed by atoms with Crippen molar-refractivity contribution in [3.05, 3.63) is 195 Å². The third-order valence-corrected chi connectivity index (χ3v) is 16.1. The average molecular weight is 2080 g/mol. The molecule has 0 radical (unpaired) electrons. The predicted molar refractivity (Wildman–Crippen MR) is 577 cm³/mol. The molecular weight excluding hydrogens is 1890 g/mol. The van der Waals surface area contributed by atoms with Gasteiger partial charge >= 0.3 is 18.0 Å². The van der Waals surface area contributed by atoms with Gasteiger partial charge in [-0.25, -0.2) is 40.7 Å². The van der Waals surface area contributed by atoms with Gasteiger partial charge in [0.1, 0.15) is 19.5 Å². The van der Waals surface area contributed by atoms with Crippen LogP contribution in [0.5, 0.6) is 0 Å². The van der Waals surface area contributed by atoms with Gasteiger partial charge in [-0.1, -0.05) is 333 Å². The maximum absolute atomic E-state index is 11.4. The highest BCUT2D eigenvalue weighted by Gasteiger charge is 2.24. The van der Waals surface area contributed by atoms with Crippen LogP contribution in [0.25, 0.3) is 0 Å². The molecule has 2 aliphatic heterocycles. The van der Waals surface area contributed by atoms with Gasteiger partial charge in [-0.05, 0) is 136 Å². The fourth-order valence-electron chi connectivity index (χ4n) is 6.86. The van der Waals surface area contributed by atoms with Gasteiger partial charge < -0.3 is 62.4 Å². The molecule has 6 aromatic rings. The molecule has 2 aliphatic rings. The van der Waals surface area contributed by atoms with Crippen LogP contribution in [-0.2, 0) is 58.2 Å². The van der Waals surface area contributed by atoms with E-state index in [4.69, 9.17) is 28.0 Å². The highest BCUT2D eigenvalue weighted by Crippen LogP contribution is 2.17. The predicted octanol–water partition coefficient (Wildman–Crippen LogP) is 21.8. The lowest BCUT2D eigenvalue weighted by Crippen LogP contribution is -2.49. The molecule has 2 fully saturated rings. The number of rotatable bonds is 26. The number of nitrogens with one attached hydrogen (secondary N) is 6. The van der Waals surface area contributed by atoms with E-state index in [0.29, 0.717) is 58.5 Å². The molecule has 31 heteroatoms. The number of halogens is 2. The van der Waals surface area contributed by atoms with Gasteiger partial charge in [-0.2, -0.15) is 0 Å². The number of amides is 6. The lowest BCUT2D eigenvalue weighted by atomic mass is 10.2. The van der Waals surface area contributed by atoms with Crippen LogP contribution >= 0.6 is 45.2 Å². The van der Waals surface area contributed by atoms with Crippen LogP contribution in [0, 0.1) is 0 Å². The number of imide groups is 2. The Labute approximate surface area is 810 Å². The second-order valence-electron chi connectivity index (χ2n) is 23.0. The zero-order valence-corrected chi connectivity index (χ0v) is 87.4. The number of hydrogen-bond acceptors (Lipinski definition) is 21. The minimum atomic E-state index is -2.99. The van der Waals surface area contributed by atoms with Crippen molar-refractivity contribution in [2.24, 2.45) is 5.73 Å². The van der Waals surface area contributed by atoms with Crippen molar-refractivity contribution in [2.75, 3.05) is 158 Å². The molecule has 2 heterocycles. The number of aldehydes is 1. The second-order valence-corrected chi connectivity index (χ2v) is 29.9. The molecule has 0 spiro atoms. The van der Waals surface area contributed by atoms with Crippen LogP contribution in [0.1, 0.15) is 223 Å². The summed E-state index contributed by atoms with van der Waals surface area (Å²) in [4.78, 5) is 67.0. The normalized spacial score (nSPS) is 10.2. The van der Waals surface area contributed by atoms with E-state index in [0.717, 1.165) is 96.5 Å². The summed E-state index contributed by atoms with van der Waals surface area (Å²) in [6.45, 7) is 43.0. The molecule has 0 bridgehead atoms. The number of unbranched alkanes of at least 4 members (excludes halogenated alkanes) is 6. The van der Waals surface area contributed by atoms with Crippen molar-refractivity contribution >= 4 is 135 Å². The van der Waals surface area contributed by atoms with Crippen LogP contribution in [0.15, 0.2) is 195 Å². The summed E-state index contributed by atoms with van der Waals surface area (Å²) in [5, 5.41) is 17.6. The van der Waals surface area contributed by atoms with E-state index in [1.807, 2.05) is 279 Å². The first-order chi connectivity index (χ1) is 60.0. The molecule has 2 saturated heterocycles. The summed E-state index contributed by atoms with van der Waals surface area (Å²) in [5.41, 5.74) is 26.6. The fraction of sp³-hybridized carbons (Fsp3) is 0.546. The molecule has 1 atom stereocenters. The first-order valence-electron chi connectivity index (χ1n) is 43.0. The Bertz CT molecular complexity index is 3160. The van der Waals surface area contributed by atoms with Crippen molar-refractivity contribution in [3.63, 3.8) is 0 Å². The molecule has 0 aromatic heterocycles. The maximum atomic E-state index is 11.4. The Morgan fingerprint density at radius 2 is 0.797 bits per heavy atom. The number of aliphatic hydroxyl groups excluding tert-OH is 1. The van der Waals surface area contributed by atoms with Gasteiger partial charge in [0, 0.05) is 113 Å². The van der Waals surface area contributed by atoms with Crippen molar-refractivity contribution in [2.45, 2.75) is 227 Å². The summed E-state index contributed by atoms with van der Waals surface area (Å²) >= 11 is 4.79. The minimum Gasteiger partial charge on any atom is -0.467 e. The first-order valence-corrected chi connectivity index (χ1v) is 49.5. The lowest BCUT2D eigenvalue weighted by Gasteiger charge is -2.26. The number of sulfonamides is 2. The zero-order valence-electron chi connectivity index (χ0n) is 81.5. The Hall–Kier alpha value is -7.68. The average Bonchev–Trinajstić information content (AvgIpc) is 0.851. The molecule has 27 nitrogen and oxygen atoms in total. The van der Waals surface area contributed by atoms with E-state index in [1.165, 1.54) is 64.1 Å². The van der Waals surface area contributed by atoms with Crippen molar-refractivity contribution < 1.29 is 69.7 Å². The summed E-state index contributed by atoms with van der Waals surface area (Å²) in [6, 6.07) is 56.4. The molecule has 6 amide bonds. The van der Waals surface area contributed by atoms with Crippen molar-refractivity contribution in [1.82, 2.24) is 25.4 Å². The highest BCUT2D eigenvalue weighted by molar-refractivity contribution is 14.1. The van der Waals surface area contributed by atoms with E-state index in [9.17, 15) is 45.6 Å². The Morgan fingerprint density at radius 1 is 0.500 bits per heavy atom. The Morgan fingerprint density at radius 3 is 0.961 bits per heavy atom. The number of carbonyl (C=O) groups excluding carboxylic acids is 6. The van der Waals surface area contributed by atoms with Crippen LogP contribution < -0.4 is 63.4 Å². The van der Waals surface area contributed by atoms with E-state index < -0.39 is 20.0 Å². The number of ether oxygens (including phenoxy) is 4. The molecule has 0 saturated carbocycles. The third-order valence-electron chi connectivity index (χ3n) is 13.0. The first kappa shape index (κ1) is 157. The topological polar surface area (TPSA) is 411 Å². The van der Waals surface area contributed by atoms with Gasteiger partial charge in [0.25, 0.3) is 0 Å². The van der Waals surface area contributed by atoms with Gasteiger partial charge in [-0.15, -0.1) is 6.58 Å². The van der Waals surface area contributed by atoms with Gasteiger partial charge in [0.15, 0.2) is 0 Å². The number of nitrogens with two attached hydrogens (primary N) is 4. The van der Waals surface area contributed by atoms with Crippen molar-refractivity contribution in [3.8, 4) is 0 Å². The molecule has 128 heavy (non-hydrogen) atoms. The van der Waals surface area contributed by atoms with Crippen LogP contribution in [0.2, 0.25) is 0 Å². The number of anilines is 6. The number of urea groups is 2. The standard InChI is InChI=1S/2C10H10N2O2.C7H18N2O2S.C7H9N.C6H16N2O2S.3C6H7N.2C4H9I.C4H8O3.C4H8O.C4H10.C3H6O2.6C2H6.CH4O.3CH4/c2*13-9-6-7-12(10(14)11-9)8-4-2-1-3-5-8;1-8-6-4-3-5-7-9-12(2,10)11;1-8-7-5-3-2-4-6-7;1-11(9,10)8-6-4-2-3-5-7;3*7-6-4-2-1-3-5-6;1-3-4(2)5;1-2-3-4-5;1-6-3-4(5)7-2;1-3-4-5-2;1-3-4-2;1-5-3-2-4;7*1-2;;;/h2*1-5H,6-7H2,(H,11,13,14);8-9H,3-7H2,1-2H3;2-6,8H,1H3;8H,2-7H2,1H3;3*1-5H,7H2;4H,3H2,1-2H3;2-4H2,1H3;3H2,1-2H3;3H,1,4H2,2H3;3-4H2,1-2H3;2H,3H2,1H3;6*1-2H3;2H,1H3;3*1H4. The van der Waals surface area contributed by atoms with Crippen LogP contribution in [0.3, 0.4) is 0 Å². The fourth-order valence-corrected chi connectivity index (χ4v) is 8.65. The summed E-state index contributed by atoms with van der Waals surface area (Å²) in [7, 11) is 4.73. The molecule has 1 unspecified atom stereocenters. The second kappa shape index (κ2) is 135. The number of nitrogen functional groups attached to an aromatic ring is 3. The van der Waals surface area contributed by atoms with E-state index in [-0.39, 0.29) is 65.3 Å². The number of nitrogens with zero attached hydrogens (tertiary/aromatic N) is 2. The molecular formula is C97H186I2N12O15S2. The molecule has 6 aromatic carbocycles. The van der Waals surface area contributed by atoms with E-state index in [1.54, 1.807) is 23.0 Å². The number of alkyl halides is 2. The lowest BCUT2D eigenvalue weighted by molar-refractivity contribution is -0.144. The number of methoxy groups -OCH3 is 4. The molecule has 750 valence electrons. The largest absolute Gasteiger partial charge is 0.467 e. The molecule has 0 aliphatic carbocycles. The number of esters is 1. The maximum Gasteiger partial charge on any atom is 0.331 e. The summed E-state index contributed by atoms with van der Waals surface area (Å²) in [6.07, 6.45) is 18.0. The van der Waals surface area contributed by atoms with Gasteiger partial charge in [-0.3, -0.25) is 30.0 Å². The molecule has 15 N–H and O–H groups in total. The Kier molecular flexibility index (Phi) is 166. The monoisotopic (exact) mass is 2080 g/mol. The third kappa shape index (κ3) is 141. The number of aliphatic hydroxyl groups is 1. The zero-order chi connectivity index (χ0) is 99.0. The SMILES string of the molecule is C.C.C.C=CCOC.CC.CC.CC.CC.CC.CC.CCC(C)I.CCCC.CCCCI.CNCCCCCNS(C)(=O)=O.CNc1ccccc1.CO.COCC(=O)OC.COCC=O.CS(=O)(=O)NCCCCCN.Nc1ccccc1.Nc1ccccc1.Nc1ccccc1.O=C1CCN(c2ccccc2)C(=O)N1.O=C1CCN(c2ccccc2)C(=O)N1. The number of para-hydroxylation sites is 6. The van der Waals surface area contributed by atoms with Gasteiger partial charge in [0.2, 0.25) is 31.9 Å². The van der Waals surface area contributed by atoms with Gasteiger partial charge in [0.05, 0.1) is 26.2 Å². The van der Waals surface area contributed by atoms with Crippen LogP contribution in [-0.4, -0.2) is 188 Å². The van der Waals surface area contributed by atoms with E-state index in [2.05, 4.69) is 136 Å². The number of carbonyl (C=O) groups is 6. The minimum absolute atomic E-state index is 0. The number of benzene rings is 6. The molecule has 8 rings (SSSR count). The summed E-state index contributed by atoms with van der Waals surface area (Å²) in [5.74, 6) is -0.758. The van der Waals surface area contributed by atoms with Crippen LogP contribution in [0.4, 0.5) is 43.7 Å². The van der Waals surface area contributed by atoms with E-state index >= 15 is 0 Å². The Balaban J connectivity index is -0.0000000754. The van der Waals surface area contributed by atoms with Crippen molar-refractivity contribution in [1.29, 1.82) is 0 Å².